The van der Waals surface area contributed by atoms with Crippen LogP contribution in [0.5, 0.6) is 5.75 Å². The van der Waals surface area contributed by atoms with Crippen molar-refractivity contribution < 1.29 is 9.26 Å². The summed E-state index contributed by atoms with van der Waals surface area (Å²) in [7, 11) is 0. The molecule has 4 heterocycles. The van der Waals surface area contributed by atoms with Gasteiger partial charge in [-0.15, -0.1) is 10.2 Å². The van der Waals surface area contributed by atoms with Crippen molar-refractivity contribution in [2.45, 2.75) is 31.2 Å². The largest absolute Gasteiger partial charge is 0.494 e. The molecule has 0 unspecified atom stereocenters. The molecule has 200 valence electrons. The first-order valence-electron chi connectivity index (χ1n) is 12.8. The van der Waals surface area contributed by atoms with E-state index >= 15 is 0 Å². The summed E-state index contributed by atoms with van der Waals surface area (Å²) in [6.07, 6.45) is 3.98. The van der Waals surface area contributed by atoms with Gasteiger partial charge < -0.3 is 9.26 Å². The van der Waals surface area contributed by atoms with Crippen molar-refractivity contribution in [1.29, 1.82) is 0 Å². The molecule has 2 aromatic carbocycles. The minimum atomic E-state index is 0.437. The third-order valence-corrected chi connectivity index (χ3v) is 6.99. The molecule has 0 saturated heterocycles. The molecule has 40 heavy (non-hydrogen) atoms. The molecule has 0 radical (unpaired) electrons. The molecule has 0 aliphatic carbocycles. The van der Waals surface area contributed by atoms with E-state index in [1.165, 1.54) is 11.8 Å². The van der Waals surface area contributed by atoms with Crippen LogP contribution in [0.3, 0.4) is 0 Å². The Balaban J connectivity index is 1.20. The molecule has 0 bridgehead atoms. The Morgan fingerprint density at radius 3 is 2.58 bits per heavy atom. The van der Waals surface area contributed by atoms with E-state index in [-0.39, 0.29) is 0 Å². The summed E-state index contributed by atoms with van der Waals surface area (Å²) < 4.78 is 15.1. The Hall–Kier alpha value is -4.77. The topological polar surface area (TPSA) is 110 Å². The number of aromatic nitrogens is 8. The monoisotopic (exact) mass is 550 g/mol. The number of aryl methyl sites for hydroxylation is 1. The van der Waals surface area contributed by atoms with Gasteiger partial charge in [0.15, 0.2) is 16.8 Å². The number of ether oxygens (including phenoxy) is 1. The van der Waals surface area contributed by atoms with Gasteiger partial charge >= 0.3 is 0 Å². The fourth-order valence-electron chi connectivity index (χ4n) is 4.30. The molecule has 6 aromatic rings. The number of thioether (sulfide) groups is 1. The third kappa shape index (κ3) is 5.50. The van der Waals surface area contributed by atoms with Crippen LogP contribution in [0.1, 0.15) is 30.0 Å². The zero-order chi connectivity index (χ0) is 27.3. The minimum absolute atomic E-state index is 0.437. The summed E-state index contributed by atoms with van der Waals surface area (Å²) in [6, 6.07) is 23.8. The number of para-hydroxylation sites is 1. The van der Waals surface area contributed by atoms with Crippen molar-refractivity contribution in [1.82, 2.24) is 39.7 Å². The highest BCUT2D eigenvalue weighted by Crippen LogP contribution is 2.30. The molecule has 0 atom stereocenters. The predicted molar refractivity (Wildman–Crippen MR) is 151 cm³/mol. The van der Waals surface area contributed by atoms with Crippen molar-refractivity contribution in [2.24, 2.45) is 0 Å². The summed E-state index contributed by atoms with van der Waals surface area (Å²) in [5.41, 5.74) is 4.70. The lowest BCUT2D eigenvalue weighted by atomic mass is 10.2. The van der Waals surface area contributed by atoms with E-state index in [2.05, 4.69) is 25.3 Å². The van der Waals surface area contributed by atoms with E-state index in [0.717, 1.165) is 34.1 Å². The summed E-state index contributed by atoms with van der Waals surface area (Å²) in [5, 5.41) is 18.6. The number of pyridine rings is 1. The van der Waals surface area contributed by atoms with Crippen molar-refractivity contribution in [3.8, 4) is 28.5 Å². The lowest BCUT2D eigenvalue weighted by Crippen LogP contribution is -2.01. The second-order valence-electron chi connectivity index (χ2n) is 8.90. The third-order valence-electron chi connectivity index (χ3n) is 6.07. The molecule has 0 spiro atoms. The fraction of sp³-hybridized carbons (Fsp3) is 0.172. The van der Waals surface area contributed by atoms with Gasteiger partial charge in [-0.05, 0) is 68.4 Å². The Morgan fingerprint density at radius 2 is 1.80 bits per heavy atom. The zero-order valence-corrected chi connectivity index (χ0v) is 22.8. The quantitative estimate of drug-likeness (QED) is 0.205. The SMILES string of the molecule is CCOc1ccc(-n2c(SCc3nc(Cc4cc(C)n(-c5ccccc5)n4)no3)nnc2-c2cccnc2)cc1. The van der Waals surface area contributed by atoms with Gasteiger partial charge in [0.05, 0.1) is 30.2 Å². The first-order valence-corrected chi connectivity index (χ1v) is 13.8. The minimum Gasteiger partial charge on any atom is -0.494 e. The van der Waals surface area contributed by atoms with Gasteiger partial charge in [0.2, 0.25) is 5.89 Å². The molecule has 0 aliphatic rings. The number of benzene rings is 2. The van der Waals surface area contributed by atoms with E-state index in [1.54, 1.807) is 12.4 Å². The highest BCUT2D eigenvalue weighted by Gasteiger charge is 2.18. The highest BCUT2D eigenvalue weighted by molar-refractivity contribution is 7.98. The van der Waals surface area contributed by atoms with Crippen LogP contribution in [0.15, 0.2) is 94.9 Å². The summed E-state index contributed by atoms with van der Waals surface area (Å²) >= 11 is 1.47. The Labute approximate surface area is 235 Å². The van der Waals surface area contributed by atoms with E-state index in [0.29, 0.717) is 41.5 Å². The maximum Gasteiger partial charge on any atom is 0.237 e. The summed E-state index contributed by atoms with van der Waals surface area (Å²) in [6.45, 7) is 4.60. The van der Waals surface area contributed by atoms with Gasteiger partial charge in [-0.1, -0.05) is 35.1 Å². The molecule has 10 nitrogen and oxygen atoms in total. The van der Waals surface area contributed by atoms with E-state index in [9.17, 15) is 0 Å². The normalized spacial score (nSPS) is 11.2. The zero-order valence-electron chi connectivity index (χ0n) is 22.0. The molecule has 0 fully saturated rings. The molecule has 0 N–H and O–H groups in total. The second-order valence-corrected chi connectivity index (χ2v) is 9.85. The van der Waals surface area contributed by atoms with E-state index in [4.69, 9.17) is 14.4 Å². The summed E-state index contributed by atoms with van der Waals surface area (Å²) in [4.78, 5) is 8.85. The van der Waals surface area contributed by atoms with E-state index in [1.807, 2.05) is 95.9 Å². The first kappa shape index (κ1) is 25.5. The first-order chi connectivity index (χ1) is 19.7. The maximum absolute atomic E-state index is 5.61. The molecule has 0 saturated carbocycles. The van der Waals surface area contributed by atoms with Gasteiger partial charge in [0.25, 0.3) is 0 Å². The molecule has 11 heteroatoms. The van der Waals surface area contributed by atoms with Crippen LogP contribution in [0.4, 0.5) is 0 Å². The Bertz CT molecular complexity index is 1700. The van der Waals surface area contributed by atoms with Crippen LogP contribution in [0.2, 0.25) is 0 Å². The van der Waals surface area contributed by atoms with Gasteiger partial charge in [0.1, 0.15) is 5.75 Å². The smallest absolute Gasteiger partial charge is 0.237 e. The van der Waals surface area contributed by atoms with Crippen LogP contribution in [-0.4, -0.2) is 46.3 Å². The van der Waals surface area contributed by atoms with Crippen LogP contribution in [-0.2, 0) is 12.2 Å². The Kier molecular flexibility index (Phi) is 7.36. The van der Waals surface area contributed by atoms with E-state index < -0.39 is 0 Å². The van der Waals surface area contributed by atoms with Gasteiger partial charge in [-0.25, -0.2) is 4.68 Å². The van der Waals surface area contributed by atoms with Crippen molar-refractivity contribution in [2.75, 3.05) is 6.61 Å². The van der Waals surface area contributed by atoms with Crippen LogP contribution < -0.4 is 4.74 Å². The number of hydrogen-bond acceptors (Lipinski definition) is 9. The molecule has 4 aromatic heterocycles. The van der Waals surface area contributed by atoms with Crippen LogP contribution in [0.25, 0.3) is 22.8 Å². The standard InChI is InChI=1S/C29H26N8O2S/c1-3-38-25-13-11-23(12-14-25)36-28(21-8-7-15-30-18-21)32-33-29(36)40-19-27-31-26(35-39-27)17-22-16-20(2)37(34-22)24-9-5-4-6-10-24/h4-16,18H,3,17,19H2,1-2H3. The summed E-state index contributed by atoms with van der Waals surface area (Å²) in [5.74, 6) is 3.02. The average Bonchev–Trinajstić information content (AvgIpc) is 3.72. The average molecular weight is 551 g/mol. The van der Waals surface area contributed by atoms with Crippen LogP contribution in [0, 0.1) is 6.92 Å². The predicted octanol–water partition coefficient (Wildman–Crippen LogP) is 5.49. The van der Waals surface area contributed by atoms with Gasteiger partial charge in [-0.2, -0.15) is 10.1 Å². The molecule has 0 aliphatic heterocycles. The molecule has 0 amide bonds. The van der Waals surface area contributed by atoms with Crippen molar-refractivity contribution in [3.05, 3.63) is 108 Å². The number of rotatable bonds is 10. The lowest BCUT2D eigenvalue weighted by Gasteiger charge is -2.11. The van der Waals surface area contributed by atoms with Gasteiger partial charge in [0, 0.05) is 29.3 Å². The van der Waals surface area contributed by atoms with Crippen molar-refractivity contribution >= 4 is 11.8 Å². The molecular weight excluding hydrogens is 524 g/mol. The number of hydrogen-bond donors (Lipinski definition) is 0. The van der Waals surface area contributed by atoms with Gasteiger partial charge in [-0.3, -0.25) is 9.55 Å². The highest BCUT2D eigenvalue weighted by atomic mass is 32.2. The molecule has 6 rings (SSSR count). The van der Waals surface area contributed by atoms with Crippen LogP contribution >= 0.6 is 11.8 Å². The Morgan fingerprint density at radius 1 is 0.950 bits per heavy atom. The lowest BCUT2D eigenvalue weighted by molar-refractivity contribution is 0.340. The molecular formula is C29H26N8O2S. The maximum atomic E-state index is 5.61. The number of nitrogens with zero attached hydrogens (tertiary/aromatic N) is 8. The fourth-order valence-corrected chi connectivity index (χ4v) is 5.09. The second kappa shape index (κ2) is 11.5. The van der Waals surface area contributed by atoms with Crippen molar-refractivity contribution in [3.63, 3.8) is 0 Å².